The van der Waals surface area contributed by atoms with Gasteiger partial charge >= 0.3 is 0 Å². The predicted octanol–water partition coefficient (Wildman–Crippen LogP) is -0.0175. The third kappa shape index (κ3) is 34.1. The van der Waals surface area contributed by atoms with Crippen LogP contribution < -0.4 is 0 Å². The van der Waals surface area contributed by atoms with Crippen molar-refractivity contribution in [3.63, 3.8) is 0 Å². The van der Waals surface area contributed by atoms with Crippen molar-refractivity contribution in [1.29, 1.82) is 0 Å². The fraction of sp³-hybridized carbons (Fsp3) is 0. The van der Waals surface area contributed by atoms with Crippen molar-refractivity contribution in [2.24, 2.45) is 0 Å². The molecule has 30 valence electrons. The van der Waals surface area contributed by atoms with Crippen LogP contribution in [-0.4, -0.2) is 0 Å². The van der Waals surface area contributed by atoms with Crippen molar-refractivity contribution in [3.05, 3.63) is 0 Å². The molecule has 0 nitrogen and oxygen atoms in total. The second kappa shape index (κ2) is 41.6. The van der Waals surface area contributed by atoms with Crippen LogP contribution in [0, 0.1) is 0 Å². The summed E-state index contributed by atoms with van der Waals surface area (Å²) in [6.45, 7) is 0. The van der Waals surface area contributed by atoms with E-state index in [1.165, 1.54) is 0 Å². The molecule has 0 fully saturated rings. The van der Waals surface area contributed by atoms with Crippen molar-refractivity contribution in [3.8, 4) is 0 Å². The molecule has 0 atom stereocenters. The van der Waals surface area contributed by atoms with Gasteiger partial charge in [-0.1, -0.05) is 0 Å². The average Bonchev–Trinajstić information content (AvgIpc) is 0. The van der Waals surface area contributed by atoms with Gasteiger partial charge in [0.1, 0.15) is 0 Å². The summed E-state index contributed by atoms with van der Waals surface area (Å²) in [5, 5.41) is 0. The zero-order chi connectivity index (χ0) is 0. The topological polar surface area (TPSA) is 0 Å². The van der Waals surface area contributed by atoms with Crippen LogP contribution in [0.25, 0.3) is 0 Å². The summed E-state index contributed by atoms with van der Waals surface area (Å²) < 4.78 is 0. The Morgan fingerprint density at radius 2 is 0.286 bits per heavy atom. The molecular formula is Cd5Ni2. The van der Waals surface area contributed by atoms with Crippen molar-refractivity contribution in [1.82, 2.24) is 0 Å². The minimum absolute atomic E-state index is 0. The maximum absolute atomic E-state index is 0. The van der Waals surface area contributed by atoms with Crippen molar-refractivity contribution in [2.75, 3.05) is 0 Å². The van der Waals surface area contributed by atoms with Crippen molar-refractivity contribution >= 4 is 0 Å². The molecule has 7 heavy (non-hydrogen) atoms. The van der Waals surface area contributed by atoms with Gasteiger partial charge in [-0.25, -0.2) is 0 Å². The summed E-state index contributed by atoms with van der Waals surface area (Å²) in [5.41, 5.74) is 0. The normalized spacial score (nSPS) is 0. The standard InChI is InChI=1S/5Cd.2Ni. The van der Waals surface area contributed by atoms with Crippen LogP contribution in [0.4, 0.5) is 0 Å². The Hall–Kier alpha value is 5.60. The molecule has 0 aliphatic heterocycles. The number of rotatable bonds is 0. The zero-order valence-electron chi connectivity index (χ0n) is 4.17. The molecule has 0 aromatic rings. The van der Waals surface area contributed by atoms with Gasteiger partial charge < -0.3 is 0 Å². The molecule has 0 saturated heterocycles. The minimum atomic E-state index is 0. The van der Waals surface area contributed by atoms with E-state index < -0.39 is 0 Å². The van der Waals surface area contributed by atoms with E-state index in [9.17, 15) is 0 Å². The first-order valence-corrected chi connectivity index (χ1v) is 0. The largest absolute Gasteiger partial charge is 0 e. The molecule has 0 unspecified atom stereocenters. The van der Waals surface area contributed by atoms with Crippen LogP contribution in [0.2, 0.25) is 0 Å². The van der Waals surface area contributed by atoms with Crippen LogP contribution in [-0.2, 0) is 169 Å². The molecule has 0 saturated carbocycles. The second-order valence-electron chi connectivity index (χ2n) is 0. The molecule has 0 N–H and O–H groups in total. The van der Waals surface area contributed by atoms with Gasteiger partial charge in [-0.05, 0) is 0 Å². The molecule has 0 bridgehead atoms. The predicted molar refractivity (Wildman–Crippen MR) is 0 cm³/mol. The smallest absolute Gasteiger partial charge is 0 e. The Labute approximate surface area is 165 Å². The SMILES string of the molecule is [Cd].[Cd].[Cd].[Cd].[Cd].[Ni].[Ni]. The Balaban J connectivity index is 0. The van der Waals surface area contributed by atoms with E-state index in [-0.39, 0.29) is 169 Å². The fourth-order valence-corrected chi connectivity index (χ4v) is 0. The van der Waals surface area contributed by atoms with E-state index in [1.54, 1.807) is 0 Å². The number of hydrogen-bond acceptors (Lipinski definition) is 0. The molecule has 0 spiro atoms. The molecule has 0 heterocycles. The van der Waals surface area contributed by atoms with E-state index in [0.717, 1.165) is 0 Å². The van der Waals surface area contributed by atoms with Gasteiger partial charge in [0.2, 0.25) is 0 Å². The molecule has 7 heteroatoms. The molecule has 0 amide bonds. The molecular weight excluding hydrogens is 679 g/mol. The average molecular weight is 679 g/mol. The van der Waals surface area contributed by atoms with Gasteiger partial charge in [0, 0.05) is 169 Å². The van der Waals surface area contributed by atoms with Gasteiger partial charge in [0.05, 0.1) is 0 Å². The van der Waals surface area contributed by atoms with Crippen molar-refractivity contribution < 1.29 is 169 Å². The van der Waals surface area contributed by atoms with E-state index in [1.807, 2.05) is 0 Å². The first kappa shape index (κ1) is 54.1. The minimum Gasteiger partial charge on any atom is 0 e. The molecule has 0 aliphatic carbocycles. The Morgan fingerprint density at radius 3 is 0.286 bits per heavy atom. The third-order valence-corrected chi connectivity index (χ3v) is 0. The van der Waals surface area contributed by atoms with E-state index in [4.69, 9.17) is 0 Å². The van der Waals surface area contributed by atoms with Gasteiger partial charge in [-0.2, -0.15) is 0 Å². The summed E-state index contributed by atoms with van der Waals surface area (Å²) in [4.78, 5) is 0. The number of hydrogen-bond donors (Lipinski definition) is 0. The molecule has 0 rings (SSSR count). The van der Waals surface area contributed by atoms with E-state index in [0.29, 0.717) is 0 Å². The fourth-order valence-electron chi connectivity index (χ4n) is 0. The Bertz CT molecular complexity index is 6.04. The maximum atomic E-state index is 0. The summed E-state index contributed by atoms with van der Waals surface area (Å²) in [6.07, 6.45) is 0. The summed E-state index contributed by atoms with van der Waals surface area (Å²) in [5.74, 6) is 0. The van der Waals surface area contributed by atoms with Crippen LogP contribution in [0.1, 0.15) is 0 Å². The van der Waals surface area contributed by atoms with Crippen molar-refractivity contribution in [2.45, 2.75) is 0 Å². The van der Waals surface area contributed by atoms with Gasteiger partial charge in [-0.15, -0.1) is 0 Å². The van der Waals surface area contributed by atoms with E-state index in [2.05, 4.69) is 0 Å². The summed E-state index contributed by atoms with van der Waals surface area (Å²) in [7, 11) is 0. The molecule has 0 aliphatic rings. The molecule has 0 radical (unpaired) electrons. The van der Waals surface area contributed by atoms with Gasteiger partial charge in [0.25, 0.3) is 0 Å². The van der Waals surface area contributed by atoms with Crippen LogP contribution in [0.15, 0.2) is 0 Å². The monoisotopic (exact) mass is 685 g/mol. The summed E-state index contributed by atoms with van der Waals surface area (Å²) in [6, 6.07) is 0. The zero-order valence-corrected chi connectivity index (χ0v) is 26.3. The Kier molecular flexibility index (Phi) is 321. The Morgan fingerprint density at radius 1 is 0.286 bits per heavy atom. The summed E-state index contributed by atoms with van der Waals surface area (Å²) >= 11 is 0. The van der Waals surface area contributed by atoms with Crippen LogP contribution in [0.5, 0.6) is 0 Å². The van der Waals surface area contributed by atoms with Gasteiger partial charge in [0.15, 0.2) is 0 Å². The van der Waals surface area contributed by atoms with E-state index >= 15 is 0 Å². The second-order valence-corrected chi connectivity index (χ2v) is 0. The molecule has 0 aromatic heterocycles. The first-order valence-electron chi connectivity index (χ1n) is 0. The van der Waals surface area contributed by atoms with Crippen LogP contribution >= 0.6 is 0 Å². The first-order chi connectivity index (χ1) is 0. The quantitative estimate of drug-likeness (QED) is 0.317. The third-order valence-electron chi connectivity index (χ3n) is 0. The van der Waals surface area contributed by atoms with Crippen LogP contribution in [0.3, 0.4) is 0 Å². The molecule has 0 aromatic carbocycles. The maximum Gasteiger partial charge on any atom is 0 e. The van der Waals surface area contributed by atoms with Gasteiger partial charge in [-0.3, -0.25) is 0 Å².